The molecule has 0 bridgehead atoms. The zero-order chi connectivity index (χ0) is 19.9. The Hall–Kier alpha value is -2.45. The van der Waals surface area contributed by atoms with E-state index in [0.717, 1.165) is 25.9 Å². The first-order valence-corrected chi connectivity index (χ1v) is 9.63. The minimum absolute atomic E-state index is 0.0211. The van der Waals surface area contributed by atoms with Crippen molar-refractivity contribution in [3.8, 4) is 6.01 Å². The normalized spacial score (nSPS) is 22.6. The Kier molecular flexibility index (Phi) is 4.84. The lowest BCUT2D eigenvalue weighted by atomic mass is 9.88. The van der Waals surface area contributed by atoms with Crippen LogP contribution in [0.4, 0.5) is 5.82 Å². The highest BCUT2D eigenvalue weighted by atomic mass is 35.5. The number of benzene rings is 1. The second kappa shape index (κ2) is 7.18. The number of imidazole rings is 1. The van der Waals surface area contributed by atoms with E-state index in [4.69, 9.17) is 16.3 Å². The van der Waals surface area contributed by atoms with Gasteiger partial charge in [0.2, 0.25) is 0 Å². The van der Waals surface area contributed by atoms with E-state index < -0.39 is 10.5 Å². The number of halogens is 1. The van der Waals surface area contributed by atoms with Gasteiger partial charge < -0.3 is 14.9 Å². The van der Waals surface area contributed by atoms with E-state index in [9.17, 15) is 14.9 Å². The molecular weight excluding hydrogens is 384 g/mol. The van der Waals surface area contributed by atoms with Crippen LogP contribution in [0.3, 0.4) is 0 Å². The van der Waals surface area contributed by atoms with E-state index in [0.29, 0.717) is 29.7 Å². The van der Waals surface area contributed by atoms with Crippen molar-refractivity contribution in [2.75, 3.05) is 19.6 Å². The lowest BCUT2D eigenvalue weighted by Crippen LogP contribution is -2.48. The molecule has 4 rings (SSSR count). The summed E-state index contributed by atoms with van der Waals surface area (Å²) in [5, 5.41) is 11.4. The van der Waals surface area contributed by atoms with E-state index >= 15 is 0 Å². The van der Waals surface area contributed by atoms with Gasteiger partial charge >= 0.3 is 11.8 Å². The van der Waals surface area contributed by atoms with Crippen LogP contribution >= 0.6 is 11.6 Å². The average molecular weight is 405 g/mol. The first-order valence-electron chi connectivity index (χ1n) is 9.26. The fraction of sp³-hybridized carbons (Fsp3) is 0.474. The fourth-order valence-electron chi connectivity index (χ4n) is 4.04. The van der Waals surface area contributed by atoms with Gasteiger partial charge in [-0.3, -0.25) is 14.3 Å². The fourth-order valence-corrected chi connectivity index (χ4v) is 4.17. The molecule has 1 aromatic carbocycles. The highest BCUT2D eigenvalue weighted by Gasteiger charge is 2.42. The Labute approximate surface area is 167 Å². The monoisotopic (exact) mass is 404 g/mol. The number of rotatable bonds is 5. The molecule has 1 unspecified atom stereocenters. The quantitative estimate of drug-likeness (QED) is 0.432. The van der Waals surface area contributed by atoms with Gasteiger partial charge in [0.25, 0.3) is 0 Å². The molecule has 0 spiro atoms. The maximum absolute atomic E-state index is 12.7. The number of fused-ring (bicyclic) bond motifs is 1. The van der Waals surface area contributed by atoms with Crippen LogP contribution < -0.4 is 4.74 Å². The zero-order valence-electron chi connectivity index (χ0n) is 15.5. The maximum atomic E-state index is 12.7. The van der Waals surface area contributed by atoms with Gasteiger partial charge in [0, 0.05) is 28.0 Å². The topological polar surface area (TPSA) is 90.5 Å². The highest BCUT2D eigenvalue weighted by molar-refractivity contribution is 6.30. The molecule has 0 radical (unpaired) electrons. The number of Topliss-reactive ketones (excluding diaryl/α,β-unsaturated/α-hetero) is 1. The summed E-state index contributed by atoms with van der Waals surface area (Å²) in [5.74, 6) is -0.00140. The summed E-state index contributed by atoms with van der Waals surface area (Å²) in [4.78, 5) is 29.2. The lowest BCUT2D eigenvalue weighted by molar-refractivity contribution is -0.389. The molecule has 0 saturated carbocycles. The average Bonchev–Trinajstić information content (AvgIpc) is 3.17. The summed E-state index contributed by atoms with van der Waals surface area (Å²) in [6, 6.07) is 7.35. The van der Waals surface area contributed by atoms with E-state index in [1.54, 1.807) is 28.8 Å². The van der Waals surface area contributed by atoms with Crippen molar-refractivity contribution in [2.24, 2.45) is 5.92 Å². The Morgan fingerprint density at radius 2 is 2.04 bits per heavy atom. The summed E-state index contributed by atoms with van der Waals surface area (Å²) in [6.45, 7) is 4.81. The second-order valence-corrected chi connectivity index (χ2v) is 8.18. The van der Waals surface area contributed by atoms with Gasteiger partial charge in [0.15, 0.2) is 5.78 Å². The molecular formula is C19H21ClN4O4. The molecule has 2 aliphatic heterocycles. The van der Waals surface area contributed by atoms with Crippen molar-refractivity contribution in [1.29, 1.82) is 0 Å². The van der Waals surface area contributed by atoms with Crippen molar-refractivity contribution < 1.29 is 14.5 Å². The molecule has 1 fully saturated rings. The van der Waals surface area contributed by atoms with E-state index in [2.05, 4.69) is 9.88 Å². The number of hydrogen-bond donors (Lipinski definition) is 0. The van der Waals surface area contributed by atoms with Gasteiger partial charge in [0.1, 0.15) is 11.8 Å². The summed E-state index contributed by atoms with van der Waals surface area (Å²) in [6.07, 6.45) is 3.01. The van der Waals surface area contributed by atoms with Gasteiger partial charge in [-0.25, -0.2) is 0 Å². The number of nitrogens with zero attached hydrogens (tertiary/aromatic N) is 4. The lowest BCUT2D eigenvalue weighted by Gasteiger charge is -2.35. The van der Waals surface area contributed by atoms with Crippen LogP contribution in [0.15, 0.2) is 30.5 Å². The summed E-state index contributed by atoms with van der Waals surface area (Å²) < 4.78 is 7.60. The maximum Gasteiger partial charge on any atom is 0.415 e. The Morgan fingerprint density at radius 1 is 1.36 bits per heavy atom. The first-order chi connectivity index (χ1) is 13.3. The largest absolute Gasteiger partial charge is 0.436 e. The van der Waals surface area contributed by atoms with Crippen molar-refractivity contribution in [1.82, 2.24) is 14.5 Å². The molecule has 0 aliphatic carbocycles. The molecule has 1 saturated heterocycles. The standard InChI is InChI=1S/C19H21ClN4O4/c1-19(12-23-10-16(24(26)27)21-18(23)28-19)11-22-8-6-14(7-9-22)17(25)13-2-4-15(20)5-3-13/h2-5,10,14H,6-9,11-12H2,1H3. The molecule has 2 aliphatic rings. The number of ketones is 1. The van der Waals surface area contributed by atoms with Crippen LogP contribution in [0.1, 0.15) is 30.1 Å². The number of aromatic nitrogens is 2. The van der Waals surface area contributed by atoms with Crippen LogP contribution in [0.5, 0.6) is 6.01 Å². The molecule has 28 heavy (non-hydrogen) atoms. The van der Waals surface area contributed by atoms with Crippen LogP contribution in [-0.2, 0) is 6.54 Å². The first kappa shape index (κ1) is 18.9. The molecule has 1 atom stereocenters. The predicted molar refractivity (Wildman–Crippen MR) is 103 cm³/mol. The number of carbonyl (C=O) groups excluding carboxylic acids is 1. The molecule has 8 nitrogen and oxygen atoms in total. The molecule has 148 valence electrons. The summed E-state index contributed by atoms with van der Waals surface area (Å²) >= 11 is 5.90. The number of likely N-dealkylation sites (tertiary alicyclic amines) is 1. The smallest absolute Gasteiger partial charge is 0.415 e. The van der Waals surface area contributed by atoms with Gasteiger partial charge in [-0.2, -0.15) is 0 Å². The number of nitro groups is 1. The Bertz CT molecular complexity index is 880. The minimum Gasteiger partial charge on any atom is -0.436 e. The SMILES string of the molecule is CC1(CN2CCC(C(=O)c3ccc(Cl)cc3)CC2)Cn2cc([N+](=O)[O-])nc2O1. The third-order valence-electron chi connectivity index (χ3n) is 5.40. The molecule has 1 aromatic heterocycles. The molecule has 9 heteroatoms. The van der Waals surface area contributed by atoms with Crippen molar-refractivity contribution in [3.63, 3.8) is 0 Å². The number of piperidine rings is 1. The van der Waals surface area contributed by atoms with Crippen molar-refractivity contribution >= 4 is 23.2 Å². The van der Waals surface area contributed by atoms with Gasteiger partial charge in [-0.05, 0) is 62.0 Å². The highest BCUT2D eigenvalue weighted by Crippen LogP contribution is 2.32. The minimum atomic E-state index is -0.519. The molecule has 0 amide bonds. The van der Waals surface area contributed by atoms with E-state index in [1.165, 1.54) is 6.20 Å². The van der Waals surface area contributed by atoms with Gasteiger partial charge in [-0.15, -0.1) is 0 Å². The van der Waals surface area contributed by atoms with Gasteiger partial charge in [0.05, 0.1) is 6.54 Å². The molecule has 3 heterocycles. The van der Waals surface area contributed by atoms with Crippen molar-refractivity contribution in [3.05, 3.63) is 51.2 Å². The second-order valence-electron chi connectivity index (χ2n) is 7.74. The van der Waals surface area contributed by atoms with Crippen molar-refractivity contribution in [2.45, 2.75) is 31.9 Å². The van der Waals surface area contributed by atoms with E-state index in [1.807, 2.05) is 6.92 Å². The Balaban J connectivity index is 1.32. The van der Waals surface area contributed by atoms with Crippen LogP contribution in [-0.4, -0.2) is 50.4 Å². The molecule has 2 aromatic rings. The van der Waals surface area contributed by atoms with Crippen LogP contribution in [0.25, 0.3) is 0 Å². The van der Waals surface area contributed by atoms with Crippen LogP contribution in [0, 0.1) is 16.0 Å². The van der Waals surface area contributed by atoms with Crippen LogP contribution in [0.2, 0.25) is 5.02 Å². The number of ether oxygens (including phenoxy) is 1. The zero-order valence-corrected chi connectivity index (χ0v) is 16.3. The summed E-state index contributed by atoms with van der Waals surface area (Å²) in [5.41, 5.74) is 0.228. The Morgan fingerprint density at radius 3 is 2.64 bits per heavy atom. The number of carbonyl (C=O) groups is 1. The third-order valence-corrected chi connectivity index (χ3v) is 5.65. The van der Waals surface area contributed by atoms with E-state index in [-0.39, 0.29) is 17.5 Å². The predicted octanol–water partition coefficient (Wildman–Crippen LogP) is 3.19. The third kappa shape index (κ3) is 3.74. The molecule has 0 N–H and O–H groups in total. The van der Waals surface area contributed by atoms with Gasteiger partial charge in [-0.1, -0.05) is 11.6 Å². The number of hydrogen-bond acceptors (Lipinski definition) is 6. The summed E-state index contributed by atoms with van der Waals surface area (Å²) in [7, 11) is 0.